The van der Waals surface area contributed by atoms with E-state index in [1.165, 1.54) is 10.9 Å². The maximum Gasteiger partial charge on any atom is 0.319 e. The number of rotatable bonds is 4. The van der Waals surface area contributed by atoms with E-state index in [-0.39, 0.29) is 30.3 Å². The van der Waals surface area contributed by atoms with Gasteiger partial charge in [0.2, 0.25) is 0 Å². The minimum Gasteiger partial charge on any atom is -0.396 e. The van der Waals surface area contributed by atoms with Crippen molar-refractivity contribution < 1.29 is 24.9 Å². The molecule has 1 aromatic heterocycles. The molecule has 2 aliphatic rings. The molecule has 3 amide bonds. The van der Waals surface area contributed by atoms with Gasteiger partial charge in [0.15, 0.2) is 5.69 Å². The van der Waals surface area contributed by atoms with E-state index in [0.717, 1.165) is 6.42 Å². The van der Waals surface area contributed by atoms with Crippen LogP contribution in [0.2, 0.25) is 0 Å². The molecule has 0 unspecified atom stereocenters. The fourth-order valence-electron chi connectivity index (χ4n) is 3.18. The molecule has 1 saturated carbocycles. The molecular weight excluding hydrogens is 330 g/mol. The first-order valence-corrected chi connectivity index (χ1v) is 8.28. The van der Waals surface area contributed by atoms with Crippen LogP contribution in [0.25, 0.3) is 0 Å². The summed E-state index contributed by atoms with van der Waals surface area (Å²) in [5, 5.41) is 38.2. The van der Waals surface area contributed by atoms with E-state index < -0.39 is 30.2 Å². The molecule has 3 rings (SSSR count). The Kier molecular flexibility index (Phi) is 4.93. The molecule has 0 bridgehead atoms. The zero-order chi connectivity index (χ0) is 18.1. The second-order valence-corrected chi connectivity index (χ2v) is 6.58. The van der Waals surface area contributed by atoms with Gasteiger partial charge in [0.05, 0.1) is 17.8 Å². The molecule has 4 atom stereocenters. The maximum atomic E-state index is 12.3. The standard InChI is InChI=1S/C15H23N5O5/c1-19-6-10(11(18-19)14(24)20-3-2-4-20)17-15(25)16-9-5-8(7-21)12(22)13(9)23/h6,8-9,12-13,21-23H,2-5,7H2,1H3,(H2,16,17,25)/t8-,9-,12-,13+/m1/s1. The molecule has 2 fully saturated rings. The lowest BCUT2D eigenvalue weighted by molar-refractivity contribution is 0.000965. The highest BCUT2D eigenvalue weighted by atomic mass is 16.3. The van der Waals surface area contributed by atoms with Crippen molar-refractivity contribution in [1.82, 2.24) is 20.0 Å². The van der Waals surface area contributed by atoms with Crippen LogP contribution >= 0.6 is 0 Å². The topological polar surface area (TPSA) is 140 Å². The van der Waals surface area contributed by atoms with Crippen LogP contribution in [0, 0.1) is 5.92 Å². The van der Waals surface area contributed by atoms with E-state index in [1.54, 1.807) is 11.9 Å². The van der Waals surface area contributed by atoms with Crippen molar-refractivity contribution in [2.75, 3.05) is 25.0 Å². The van der Waals surface area contributed by atoms with E-state index in [2.05, 4.69) is 15.7 Å². The van der Waals surface area contributed by atoms with Crippen LogP contribution in [0.15, 0.2) is 6.20 Å². The Balaban J connectivity index is 1.64. The number of aromatic nitrogens is 2. The number of hydrogen-bond donors (Lipinski definition) is 5. The average molecular weight is 353 g/mol. The highest BCUT2D eigenvalue weighted by Crippen LogP contribution is 2.26. The summed E-state index contributed by atoms with van der Waals surface area (Å²) in [4.78, 5) is 26.2. The number of aryl methyl sites for hydroxylation is 1. The lowest BCUT2D eigenvalue weighted by atomic mass is 10.1. The minimum atomic E-state index is -1.15. The molecule has 1 saturated heterocycles. The van der Waals surface area contributed by atoms with Crippen LogP contribution in [-0.4, -0.2) is 79.9 Å². The predicted molar refractivity (Wildman–Crippen MR) is 86.9 cm³/mol. The molecule has 0 spiro atoms. The summed E-state index contributed by atoms with van der Waals surface area (Å²) in [7, 11) is 1.65. The molecular formula is C15H23N5O5. The Labute approximate surface area is 144 Å². The summed E-state index contributed by atoms with van der Waals surface area (Å²) in [5.74, 6) is -0.721. The SMILES string of the molecule is Cn1cc(NC(=O)N[C@@H]2C[C@H](CO)[C@@H](O)[C@H]2O)c(C(=O)N2CCC2)n1. The number of anilines is 1. The van der Waals surface area contributed by atoms with Gasteiger partial charge in [-0.15, -0.1) is 0 Å². The van der Waals surface area contributed by atoms with Gasteiger partial charge in [-0.1, -0.05) is 0 Å². The van der Waals surface area contributed by atoms with Crippen LogP contribution in [0.4, 0.5) is 10.5 Å². The van der Waals surface area contributed by atoms with Gasteiger partial charge < -0.3 is 30.9 Å². The van der Waals surface area contributed by atoms with E-state index in [1.807, 2.05) is 0 Å². The second-order valence-electron chi connectivity index (χ2n) is 6.58. The third kappa shape index (κ3) is 3.46. The molecule has 138 valence electrons. The van der Waals surface area contributed by atoms with Gasteiger partial charge in [0.25, 0.3) is 5.91 Å². The van der Waals surface area contributed by atoms with E-state index in [9.17, 15) is 19.8 Å². The molecule has 0 aromatic carbocycles. The van der Waals surface area contributed by atoms with E-state index in [0.29, 0.717) is 13.1 Å². The zero-order valence-corrected chi connectivity index (χ0v) is 13.9. The number of nitrogens with zero attached hydrogens (tertiary/aromatic N) is 3. The molecule has 10 nitrogen and oxygen atoms in total. The fourth-order valence-corrected chi connectivity index (χ4v) is 3.18. The number of urea groups is 1. The Hall–Kier alpha value is -2.17. The van der Waals surface area contributed by atoms with E-state index in [4.69, 9.17) is 5.11 Å². The lowest BCUT2D eigenvalue weighted by Gasteiger charge is -2.30. The van der Waals surface area contributed by atoms with Crippen molar-refractivity contribution in [3.8, 4) is 0 Å². The number of aliphatic hydroxyl groups excluding tert-OH is 3. The molecule has 1 aliphatic heterocycles. The largest absolute Gasteiger partial charge is 0.396 e. The molecule has 10 heteroatoms. The number of likely N-dealkylation sites (tertiary alicyclic amines) is 1. The van der Waals surface area contributed by atoms with E-state index >= 15 is 0 Å². The molecule has 25 heavy (non-hydrogen) atoms. The molecule has 2 heterocycles. The van der Waals surface area contributed by atoms with Crippen molar-refractivity contribution in [3.63, 3.8) is 0 Å². The highest BCUT2D eigenvalue weighted by molar-refractivity contribution is 6.02. The Morgan fingerprint density at radius 1 is 1.32 bits per heavy atom. The Morgan fingerprint density at radius 3 is 2.60 bits per heavy atom. The van der Waals surface area contributed by atoms with Crippen LogP contribution in [0.3, 0.4) is 0 Å². The first kappa shape index (κ1) is 17.6. The Bertz CT molecular complexity index is 659. The summed E-state index contributed by atoms with van der Waals surface area (Å²) in [6.45, 7) is 1.08. The molecule has 1 aliphatic carbocycles. The molecule has 0 radical (unpaired) electrons. The number of carbonyl (C=O) groups is 2. The van der Waals surface area contributed by atoms with Crippen molar-refractivity contribution in [1.29, 1.82) is 0 Å². The monoisotopic (exact) mass is 353 g/mol. The first-order valence-electron chi connectivity index (χ1n) is 8.28. The summed E-state index contributed by atoms with van der Waals surface area (Å²) in [6, 6.07) is -1.29. The van der Waals surface area contributed by atoms with Crippen molar-refractivity contribution in [2.45, 2.75) is 31.1 Å². The fraction of sp³-hybridized carbons (Fsp3) is 0.667. The van der Waals surface area contributed by atoms with Gasteiger partial charge in [0.1, 0.15) is 6.10 Å². The lowest BCUT2D eigenvalue weighted by Crippen LogP contribution is -2.45. The van der Waals surface area contributed by atoms with Gasteiger partial charge in [-0.2, -0.15) is 5.10 Å². The Morgan fingerprint density at radius 2 is 2.04 bits per heavy atom. The van der Waals surface area contributed by atoms with Gasteiger partial charge in [0, 0.05) is 38.9 Å². The second kappa shape index (κ2) is 6.98. The van der Waals surface area contributed by atoms with Gasteiger partial charge in [-0.25, -0.2) is 4.79 Å². The van der Waals surface area contributed by atoms with Crippen LogP contribution in [0.5, 0.6) is 0 Å². The average Bonchev–Trinajstić information content (AvgIpc) is 3.00. The predicted octanol–water partition coefficient (Wildman–Crippen LogP) is -1.51. The smallest absolute Gasteiger partial charge is 0.319 e. The maximum absolute atomic E-state index is 12.3. The summed E-state index contributed by atoms with van der Waals surface area (Å²) >= 11 is 0. The molecule has 5 N–H and O–H groups in total. The number of aliphatic hydroxyl groups is 3. The van der Waals surface area contributed by atoms with Gasteiger partial charge in [-0.3, -0.25) is 9.48 Å². The normalized spacial score (nSPS) is 28.6. The van der Waals surface area contributed by atoms with Crippen molar-refractivity contribution in [3.05, 3.63) is 11.9 Å². The quantitative estimate of drug-likeness (QED) is 0.446. The minimum absolute atomic E-state index is 0.164. The van der Waals surface area contributed by atoms with Crippen molar-refractivity contribution in [2.24, 2.45) is 13.0 Å². The number of nitrogens with one attached hydrogen (secondary N) is 2. The third-order valence-electron chi connectivity index (χ3n) is 4.78. The summed E-state index contributed by atoms with van der Waals surface area (Å²) in [6.07, 6.45) is 0.508. The zero-order valence-electron chi connectivity index (χ0n) is 13.9. The number of carbonyl (C=O) groups excluding carboxylic acids is 2. The highest BCUT2D eigenvalue weighted by Gasteiger charge is 2.41. The first-order chi connectivity index (χ1) is 11.9. The third-order valence-corrected chi connectivity index (χ3v) is 4.78. The van der Waals surface area contributed by atoms with Gasteiger partial charge in [-0.05, 0) is 12.8 Å². The van der Waals surface area contributed by atoms with Crippen LogP contribution in [0.1, 0.15) is 23.3 Å². The summed E-state index contributed by atoms with van der Waals surface area (Å²) in [5.41, 5.74) is 0.446. The van der Waals surface area contributed by atoms with Crippen LogP contribution < -0.4 is 10.6 Å². The van der Waals surface area contributed by atoms with Gasteiger partial charge >= 0.3 is 6.03 Å². The number of hydrogen-bond acceptors (Lipinski definition) is 6. The van der Waals surface area contributed by atoms with Crippen molar-refractivity contribution >= 4 is 17.6 Å². The van der Waals surface area contributed by atoms with Crippen LogP contribution in [-0.2, 0) is 7.05 Å². The summed E-state index contributed by atoms with van der Waals surface area (Å²) < 4.78 is 1.44. The number of amides is 3. The molecule has 1 aromatic rings.